The van der Waals surface area contributed by atoms with E-state index in [0.29, 0.717) is 52.3 Å². The second-order valence-corrected chi connectivity index (χ2v) is 14.6. The minimum atomic E-state index is -1.32. The van der Waals surface area contributed by atoms with Crippen molar-refractivity contribution < 1.29 is 38.1 Å². The fourth-order valence-corrected chi connectivity index (χ4v) is 6.54. The molecule has 0 aliphatic carbocycles. The van der Waals surface area contributed by atoms with Crippen molar-refractivity contribution in [1.82, 2.24) is 0 Å². The molecule has 2 heterocycles. The number of carbonyl (C=O) groups is 3. The minimum Gasteiger partial charge on any atom is -0.456 e. The van der Waals surface area contributed by atoms with Crippen LogP contribution in [0.5, 0.6) is 23.0 Å². The van der Waals surface area contributed by atoms with E-state index in [1.807, 2.05) is 46.8 Å². The monoisotopic (exact) mass is 614 g/mol. The van der Waals surface area contributed by atoms with Gasteiger partial charge in [0.05, 0.1) is 22.5 Å². The van der Waals surface area contributed by atoms with Crippen molar-refractivity contribution in [3.05, 3.63) is 82.9 Å². The van der Waals surface area contributed by atoms with E-state index >= 15 is 0 Å². The minimum absolute atomic E-state index is 0.0737. The fourth-order valence-electron chi connectivity index (χ4n) is 6.54. The molecule has 1 spiro atoms. The molecule has 238 valence electrons. The van der Waals surface area contributed by atoms with Gasteiger partial charge in [-0.2, -0.15) is 0 Å². The van der Waals surface area contributed by atoms with E-state index in [4.69, 9.17) is 23.7 Å². The quantitative estimate of drug-likeness (QED) is 0.186. The van der Waals surface area contributed by atoms with Crippen LogP contribution in [0.2, 0.25) is 0 Å². The molecule has 5 rings (SSSR count). The molecule has 2 atom stereocenters. The lowest BCUT2D eigenvalue weighted by Gasteiger charge is -2.37. The number of benzene rings is 3. The van der Waals surface area contributed by atoms with Gasteiger partial charge in [-0.3, -0.25) is 9.59 Å². The molecule has 0 N–H and O–H groups in total. The zero-order valence-corrected chi connectivity index (χ0v) is 27.5. The average Bonchev–Trinajstić information content (AvgIpc) is 3.24. The third kappa shape index (κ3) is 6.08. The Morgan fingerprint density at radius 3 is 1.84 bits per heavy atom. The summed E-state index contributed by atoms with van der Waals surface area (Å²) in [5, 5.41) is 0. The lowest BCUT2D eigenvalue weighted by molar-refractivity contribution is -0.146. The maximum atomic E-state index is 13.3. The topological polar surface area (TPSA) is 97.4 Å². The van der Waals surface area contributed by atoms with E-state index in [9.17, 15) is 14.4 Å². The molecule has 45 heavy (non-hydrogen) atoms. The van der Waals surface area contributed by atoms with Crippen LogP contribution < -0.4 is 14.2 Å². The molecule has 0 saturated heterocycles. The van der Waals surface area contributed by atoms with Gasteiger partial charge in [0.1, 0.15) is 23.0 Å². The van der Waals surface area contributed by atoms with Gasteiger partial charge >= 0.3 is 17.9 Å². The first-order chi connectivity index (χ1) is 21.0. The summed E-state index contributed by atoms with van der Waals surface area (Å²) in [7, 11) is 1.60. The number of ether oxygens (including phenoxy) is 5. The third-order valence-corrected chi connectivity index (χ3v) is 8.36. The summed E-state index contributed by atoms with van der Waals surface area (Å²) in [6.07, 6.45) is 0.975. The lowest BCUT2D eigenvalue weighted by atomic mass is 9.76. The summed E-state index contributed by atoms with van der Waals surface area (Å²) in [6, 6.07) is 17.4. The van der Waals surface area contributed by atoms with E-state index in [1.165, 1.54) is 0 Å². The van der Waals surface area contributed by atoms with Crippen LogP contribution >= 0.6 is 0 Å². The standard InChI is InChI=1S/C37H42O8/c1-22(41-9)20-35(5,6)32(39)42-23-14-16-27-29(18-23)44-30-19-24(43-33(40)36(7,8)21-34(2,3)4)15-17-28(30)37(27)26-13-11-10-12-25(26)31(38)45-37/h10-19,22H,20-21H2,1-9H3. The zero-order chi connectivity index (χ0) is 32.9. The number of esters is 3. The van der Waals surface area contributed by atoms with Gasteiger partial charge in [0.15, 0.2) is 5.60 Å². The highest BCUT2D eigenvalue weighted by Crippen LogP contribution is 2.57. The Bertz CT molecular complexity index is 1660. The predicted molar refractivity (Wildman–Crippen MR) is 169 cm³/mol. The molecule has 2 unspecified atom stereocenters. The fraction of sp³-hybridized carbons (Fsp3) is 0.432. The van der Waals surface area contributed by atoms with E-state index in [1.54, 1.807) is 55.6 Å². The van der Waals surface area contributed by atoms with Crippen molar-refractivity contribution in [3.63, 3.8) is 0 Å². The number of rotatable bonds is 8. The molecule has 8 heteroatoms. The summed E-state index contributed by atoms with van der Waals surface area (Å²) in [5.74, 6) is 0.0320. The lowest BCUT2D eigenvalue weighted by Crippen LogP contribution is -2.34. The third-order valence-electron chi connectivity index (χ3n) is 8.36. The van der Waals surface area contributed by atoms with Crippen LogP contribution in [0.1, 0.15) is 95.3 Å². The smallest absolute Gasteiger partial charge is 0.340 e. The molecule has 3 aromatic carbocycles. The molecule has 0 amide bonds. The number of methoxy groups -OCH3 is 1. The van der Waals surface area contributed by atoms with Gasteiger partial charge in [0.2, 0.25) is 0 Å². The van der Waals surface area contributed by atoms with Crippen LogP contribution in [0.15, 0.2) is 60.7 Å². The van der Waals surface area contributed by atoms with Crippen molar-refractivity contribution in [2.24, 2.45) is 16.2 Å². The maximum absolute atomic E-state index is 13.3. The van der Waals surface area contributed by atoms with Crippen molar-refractivity contribution >= 4 is 17.9 Å². The van der Waals surface area contributed by atoms with Crippen LogP contribution in [0.3, 0.4) is 0 Å². The summed E-state index contributed by atoms with van der Waals surface area (Å²) in [6.45, 7) is 15.5. The predicted octanol–water partition coefficient (Wildman–Crippen LogP) is 7.98. The SMILES string of the molecule is COC(C)CC(C)(C)C(=O)Oc1ccc2c(c1)Oc1cc(OC(=O)C(C)(C)CC(C)(C)C)ccc1C21OC(=O)c2ccccc21. The van der Waals surface area contributed by atoms with E-state index in [2.05, 4.69) is 20.8 Å². The molecular formula is C37H42O8. The molecule has 2 aliphatic heterocycles. The molecule has 0 aromatic heterocycles. The van der Waals surface area contributed by atoms with Crippen molar-refractivity contribution in [3.8, 4) is 23.0 Å². The Hall–Kier alpha value is -4.17. The highest BCUT2D eigenvalue weighted by molar-refractivity contribution is 5.97. The van der Waals surface area contributed by atoms with Gasteiger partial charge in [-0.1, -0.05) is 39.0 Å². The zero-order valence-electron chi connectivity index (χ0n) is 27.5. The molecule has 3 aromatic rings. The molecule has 2 aliphatic rings. The first-order valence-electron chi connectivity index (χ1n) is 15.2. The van der Waals surface area contributed by atoms with Crippen LogP contribution in [-0.4, -0.2) is 31.1 Å². The first kappa shape index (κ1) is 32.2. The van der Waals surface area contributed by atoms with Gasteiger partial charge < -0.3 is 23.7 Å². The second kappa shape index (κ2) is 11.3. The maximum Gasteiger partial charge on any atom is 0.340 e. The largest absolute Gasteiger partial charge is 0.456 e. The van der Waals surface area contributed by atoms with Crippen LogP contribution in [0, 0.1) is 16.2 Å². The molecule has 0 bridgehead atoms. The first-order valence-corrected chi connectivity index (χ1v) is 15.2. The van der Waals surface area contributed by atoms with E-state index in [-0.39, 0.29) is 23.2 Å². The van der Waals surface area contributed by atoms with Crippen molar-refractivity contribution in [2.45, 2.75) is 79.9 Å². The summed E-state index contributed by atoms with van der Waals surface area (Å²) < 4.78 is 29.7. The highest BCUT2D eigenvalue weighted by Gasteiger charge is 2.53. The molecule has 8 nitrogen and oxygen atoms in total. The van der Waals surface area contributed by atoms with Gasteiger partial charge in [0.25, 0.3) is 0 Å². The average molecular weight is 615 g/mol. The Morgan fingerprint density at radius 1 is 0.778 bits per heavy atom. The van der Waals surface area contributed by atoms with Crippen molar-refractivity contribution in [1.29, 1.82) is 0 Å². The molecule has 0 fully saturated rings. The Kier molecular flexibility index (Phi) is 8.11. The van der Waals surface area contributed by atoms with Crippen molar-refractivity contribution in [2.75, 3.05) is 7.11 Å². The van der Waals surface area contributed by atoms with E-state index in [0.717, 1.165) is 0 Å². The Morgan fingerprint density at radius 2 is 1.31 bits per heavy atom. The van der Waals surface area contributed by atoms with Crippen LogP contribution in [0.4, 0.5) is 0 Å². The number of hydrogen-bond acceptors (Lipinski definition) is 8. The summed E-state index contributed by atoms with van der Waals surface area (Å²) in [5.41, 5.74) is -0.652. The highest BCUT2D eigenvalue weighted by atomic mass is 16.6. The van der Waals surface area contributed by atoms with Gasteiger partial charge in [-0.05, 0) is 83.2 Å². The molecular weight excluding hydrogens is 572 g/mol. The van der Waals surface area contributed by atoms with Crippen LogP contribution in [0.25, 0.3) is 0 Å². The second-order valence-electron chi connectivity index (χ2n) is 14.6. The summed E-state index contributed by atoms with van der Waals surface area (Å²) >= 11 is 0. The number of hydrogen-bond donors (Lipinski definition) is 0. The Labute approximate surface area is 265 Å². The number of carbonyl (C=O) groups excluding carboxylic acids is 3. The molecule has 0 radical (unpaired) electrons. The van der Waals surface area contributed by atoms with Gasteiger partial charge in [0, 0.05) is 35.9 Å². The Balaban J connectivity index is 1.55. The molecule has 0 saturated carbocycles. The summed E-state index contributed by atoms with van der Waals surface area (Å²) in [4.78, 5) is 39.7. The van der Waals surface area contributed by atoms with Gasteiger partial charge in [-0.25, -0.2) is 4.79 Å². The normalized spacial score (nSPS) is 17.8. The van der Waals surface area contributed by atoms with Crippen LogP contribution in [-0.2, 0) is 24.7 Å². The van der Waals surface area contributed by atoms with Gasteiger partial charge in [-0.15, -0.1) is 0 Å². The number of fused-ring (bicyclic) bond motifs is 6. The van der Waals surface area contributed by atoms with E-state index < -0.39 is 28.4 Å².